The van der Waals surface area contributed by atoms with Crippen LogP contribution in [0.5, 0.6) is 0 Å². The molecule has 0 aliphatic rings. The van der Waals surface area contributed by atoms with Gasteiger partial charge in [-0.25, -0.2) is 0 Å². The van der Waals surface area contributed by atoms with Crippen LogP contribution in [0.2, 0.25) is 0 Å². The second-order valence-corrected chi connectivity index (χ2v) is 6.22. The predicted molar refractivity (Wildman–Crippen MR) is 78.8 cm³/mol. The Bertz CT molecular complexity index is 336. The molecule has 0 aliphatic carbocycles. The Morgan fingerprint density at radius 3 is 2.56 bits per heavy atom. The molecule has 3 nitrogen and oxygen atoms in total. The highest BCUT2D eigenvalue weighted by Gasteiger charge is 2.20. The molecule has 1 heterocycles. The SMILES string of the molecule is CCCCC(CC)CC(N)c1snnc1C(C)C. The molecular weight excluding hydrogens is 242 g/mol. The van der Waals surface area contributed by atoms with Crippen molar-refractivity contribution < 1.29 is 0 Å². The molecule has 0 amide bonds. The third kappa shape index (κ3) is 4.32. The van der Waals surface area contributed by atoms with Crippen LogP contribution in [0.15, 0.2) is 0 Å². The zero-order chi connectivity index (χ0) is 13.5. The molecule has 0 spiro atoms. The van der Waals surface area contributed by atoms with Gasteiger partial charge in [0.05, 0.1) is 10.6 Å². The van der Waals surface area contributed by atoms with Gasteiger partial charge in [0.2, 0.25) is 0 Å². The van der Waals surface area contributed by atoms with Crippen LogP contribution >= 0.6 is 11.5 Å². The second-order valence-electron chi connectivity index (χ2n) is 5.44. The third-order valence-electron chi connectivity index (χ3n) is 3.55. The van der Waals surface area contributed by atoms with E-state index in [1.54, 1.807) is 0 Å². The Hall–Kier alpha value is -0.480. The molecule has 1 rings (SSSR count). The lowest BCUT2D eigenvalue weighted by Gasteiger charge is -2.19. The second kappa shape index (κ2) is 7.85. The van der Waals surface area contributed by atoms with E-state index in [0.29, 0.717) is 5.92 Å². The third-order valence-corrected chi connectivity index (χ3v) is 4.43. The highest BCUT2D eigenvalue weighted by Crippen LogP contribution is 2.30. The highest BCUT2D eigenvalue weighted by molar-refractivity contribution is 7.05. The van der Waals surface area contributed by atoms with E-state index in [9.17, 15) is 0 Å². The average Bonchev–Trinajstić information content (AvgIpc) is 2.83. The van der Waals surface area contributed by atoms with E-state index < -0.39 is 0 Å². The Morgan fingerprint density at radius 2 is 2.00 bits per heavy atom. The number of aromatic nitrogens is 2. The summed E-state index contributed by atoms with van der Waals surface area (Å²) in [4.78, 5) is 1.19. The number of nitrogens with zero attached hydrogens (tertiary/aromatic N) is 2. The molecule has 0 radical (unpaired) electrons. The Labute approximate surface area is 115 Å². The maximum atomic E-state index is 6.36. The van der Waals surface area contributed by atoms with Crippen molar-refractivity contribution in [1.29, 1.82) is 0 Å². The molecule has 2 N–H and O–H groups in total. The number of hydrogen-bond donors (Lipinski definition) is 1. The van der Waals surface area contributed by atoms with Gasteiger partial charge < -0.3 is 5.73 Å². The number of rotatable bonds is 8. The van der Waals surface area contributed by atoms with Crippen molar-refractivity contribution in [2.24, 2.45) is 11.7 Å². The first-order valence-electron chi connectivity index (χ1n) is 7.17. The molecule has 104 valence electrons. The zero-order valence-electron chi connectivity index (χ0n) is 12.1. The molecule has 4 heteroatoms. The van der Waals surface area contributed by atoms with Crippen LogP contribution in [0, 0.1) is 5.92 Å². The largest absolute Gasteiger partial charge is 0.323 e. The van der Waals surface area contributed by atoms with Crippen LogP contribution in [0.4, 0.5) is 0 Å². The van der Waals surface area contributed by atoms with E-state index in [1.165, 1.54) is 42.1 Å². The summed E-state index contributed by atoms with van der Waals surface area (Å²) in [6, 6.07) is 0.115. The molecule has 2 unspecified atom stereocenters. The summed E-state index contributed by atoms with van der Waals surface area (Å²) in [5.74, 6) is 1.16. The summed E-state index contributed by atoms with van der Waals surface area (Å²) in [7, 11) is 0. The Balaban J connectivity index is 2.62. The molecule has 0 aromatic carbocycles. The van der Waals surface area contributed by atoms with Crippen LogP contribution < -0.4 is 5.73 Å². The summed E-state index contributed by atoms with van der Waals surface area (Å²) >= 11 is 1.48. The Morgan fingerprint density at radius 1 is 1.28 bits per heavy atom. The summed E-state index contributed by atoms with van der Waals surface area (Å²) in [6.45, 7) is 8.82. The van der Waals surface area contributed by atoms with Gasteiger partial charge in [0, 0.05) is 6.04 Å². The standard InChI is InChI=1S/C14H27N3S/c1-5-7-8-11(6-2)9-12(15)14-13(10(3)4)16-17-18-14/h10-12H,5-9,15H2,1-4H3. The van der Waals surface area contributed by atoms with E-state index in [2.05, 4.69) is 37.3 Å². The van der Waals surface area contributed by atoms with Gasteiger partial charge in [0.25, 0.3) is 0 Å². The molecule has 0 aliphatic heterocycles. The molecule has 2 atom stereocenters. The molecule has 0 bridgehead atoms. The topological polar surface area (TPSA) is 51.8 Å². The minimum Gasteiger partial charge on any atom is -0.323 e. The molecule has 0 saturated heterocycles. The van der Waals surface area contributed by atoms with Crippen LogP contribution in [-0.2, 0) is 0 Å². The number of hydrogen-bond acceptors (Lipinski definition) is 4. The lowest BCUT2D eigenvalue weighted by atomic mass is 9.91. The van der Waals surface area contributed by atoms with E-state index in [1.807, 2.05) is 0 Å². The van der Waals surface area contributed by atoms with E-state index >= 15 is 0 Å². The predicted octanol–water partition coefficient (Wildman–Crippen LogP) is 4.27. The minimum absolute atomic E-state index is 0.115. The first kappa shape index (κ1) is 15.6. The van der Waals surface area contributed by atoms with Crippen molar-refractivity contribution in [3.63, 3.8) is 0 Å². The summed E-state index contributed by atoms with van der Waals surface area (Å²) < 4.78 is 4.07. The fourth-order valence-electron chi connectivity index (χ4n) is 2.31. The molecule has 0 fully saturated rings. The van der Waals surface area contributed by atoms with Crippen molar-refractivity contribution in [2.75, 3.05) is 0 Å². The van der Waals surface area contributed by atoms with E-state index in [-0.39, 0.29) is 6.04 Å². The first-order chi connectivity index (χ1) is 8.60. The summed E-state index contributed by atoms with van der Waals surface area (Å²) in [5, 5.41) is 4.22. The summed E-state index contributed by atoms with van der Waals surface area (Å²) in [5.41, 5.74) is 7.45. The van der Waals surface area contributed by atoms with Gasteiger partial charge in [-0.1, -0.05) is 57.9 Å². The van der Waals surface area contributed by atoms with E-state index in [4.69, 9.17) is 5.73 Å². The first-order valence-corrected chi connectivity index (χ1v) is 7.95. The number of unbranched alkanes of at least 4 members (excludes halogenated alkanes) is 1. The van der Waals surface area contributed by atoms with Gasteiger partial charge >= 0.3 is 0 Å². The lowest BCUT2D eigenvalue weighted by Crippen LogP contribution is -2.16. The van der Waals surface area contributed by atoms with Crippen LogP contribution in [0.25, 0.3) is 0 Å². The molecular formula is C14H27N3S. The fraction of sp³-hybridized carbons (Fsp3) is 0.857. The van der Waals surface area contributed by atoms with Gasteiger partial charge in [-0.3, -0.25) is 0 Å². The van der Waals surface area contributed by atoms with Crippen molar-refractivity contribution >= 4 is 11.5 Å². The zero-order valence-corrected chi connectivity index (χ0v) is 13.0. The Kier molecular flexibility index (Phi) is 6.79. The van der Waals surface area contributed by atoms with Crippen LogP contribution in [-0.4, -0.2) is 9.59 Å². The van der Waals surface area contributed by atoms with Crippen LogP contribution in [0.1, 0.15) is 82.3 Å². The van der Waals surface area contributed by atoms with Gasteiger partial charge in [0.1, 0.15) is 0 Å². The maximum Gasteiger partial charge on any atom is 0.0828 e. The fourth-order valence-corrected chi connectivity index (χ4v) is 3.13. The van der Waals surface area contributed by atoms with Crippen molar-refractivity contribution in [3.8, 4) is 0 Å². The molecule has 1 aromatic heterocycles. The van der Waals surface area contributed by atoms with Gasteiger partial charge in [-0.2, -0.15) is 0 Å². The minimum atomic E-state index is 0.115. The normalized spacial score (nSPS) is 15.0. The lowest BCUT2D eigenvalue weighted by molar-refractivity contribution is 0.389. The maximum absolute atomic E-state index is 6.36. The molecule has 0 saturated carbocycles. The monoisotopic (exact) mass is 269 g/mol. The highest BCUT2D eigenvalue weighted by atomic mass is 32.1. The quantitative estimate of drug-likeness (QED) is 0.767. The van der Waals surface area contributed by atoms with Gasteiger partial charge in [-0.15, -0.1) is 5.10 Å². The number of nitrogens with two attached hydrogens (primary N) is 1. The van der Waals surface area contributed by atoms with Crippen LogP contribution in [0.3, 0.4) is 0 Å². The van der Waals surface area contributed by atoms with Gasteiger partial charge in [-0.05, 0) is 29.8 Å². The molecule has 18 heavy (non-hydrogen) atoms. The molecule has 1 aromatic rings. The van der Waals surface area contributed by atoms with Crippen molar-refractivity contribution in [2.45, 2.75) is 71.8 Å². The van der Waals surface area contributed by atoms with Crippen molar-refractivity contribution in [1.82, 2.24) is 9.59 Å². The van der Waals surface area contributed by atoms with E-state index in [0.717, 1.165) is 18.0 Å². The van der Waals surface area contributed by atoms with Crippen molar-refractivity contribution in [3.05, 3.63) is 10.6 Å². The summed E-state index contributed by atoms with van der Waals surface area (Å²) in [6.07, 6.45) is 6.16. The van der Waals surface area contributed by atoms with Gasteiger partial charge in [0.15, 0.2) is 0 Å². The smallest absolute Gasteiger partial charge is 0.0828 e. The average molecular weight is 269 g/mol.